The molecule has 0 atom stereocenters. The minimum Gasteiger partial charge on any atom is -0.464 e. The summed E-state index contributed by atoms with van der Waals surface area (Å²) in [5.41, 5.74) is -1.10. The van der Waals surface area contributed by atoms with Crippen molar-refractivity contribution in [1.29, 1.82) is 0 Å². The standard InChI is InChI=1S/C8H14O3/c1-2-3-6-11-7(9)8(10)4-5-8/h10H,2-6H2,1H3. The van der Waals surface area contributed by atoms with Crippen LogP contribution in [-0.4, -0.2) is 23.3 Å². The zero-order valence-corrected chi connectivity index (χ0v) is 6.80. The Balaban J connectivity index is 2.12. The van der Waals surface area contributed by atoms with Gasteiger partial charge in [-0.2, -0.15) is 0 Å². The molecule has 1 rings (SSSR count). The number of ether oxygens (including phenoxy) is 1. The molecule has 11 heavy (non-hydrogen) atoms. The number of hydrogen-bond acceptors (Lipinski definition) is 3. The van der Waals surface area contributed by atoms with Gasteiger partial charge < -0.3 is 9.84 Å². The third kappa shape index (κ3) is 2.19. The van der Waals surface area contributed by atoms with Crippen molar-refractivity contribution >= 4 is 5.97 Å². The highest BCUT2D eigenvalue weighted by atomic mass is 16.6. The molecule has 0 unspecified atom stereocenters. The van der Waals surface area contributed by atoms with Gasteiger partial charge in [-0.05, 0) is 19.3 Å². The molecule has 1 aliphatic carbocycles. The van der Waals surface area contributed by atoms with Crippen LogP contribution in [0.15, 0.2) is 0 Å². The van der Waals surface area contributed by atoms with Gasteiger partial charge in [0.1, 0.15) is 0 Å². The Bertz CT molecular complexity index is 149. The molecule has 1 aliphatic rings. The maximum atomic E-state index is 10.9. The summed E-state index contributed by atoms with van der Waals surface area (Å²) in [6.45, 7) is 2.47. The molecule has 0 radical (unpaired) electrons. The first-order chi connectivity index (χ1) is 5.19. The minimum absolute atomic E-state index is 0.439. The van der Waals surface area contributed by atoms with Crippen LogP contribution in [-0.2, 0) is 9.53 Å². The molecule has 0 aromatic heterocycles. The van der Waals surface area contributed by atoms with E-state index in [2.05, 4.69) is 0 Å². The van der Waals surface area contributed by atoms with Gasteiger partial charge in [0.2, 0.25) is 0 Å². The Morgan fingerprint density at radius 1 is 1.64 bits per heavy atom. The normalized spacial score (nSPS) is 19.5. The van der Waals surface area contributed by atoms with Crippen LogP contribution in [0.25, 0.3) is 0 Å². The predicted octanol–water partition coefficient (Wildman–Crippen LogP) is 0.855. The Morgan fingerprint density at radius 3 is 2.73 bits per heavy atom. The molecule has 0 aliphatic heterocycles. The number of carbonyl (C=O) groups is 1. The van der Waals surface area contributed by atoms with E-state index in [1.165, 1.54) is 0 Å². The molecule has 0 spiro atoms. The number of esters is 1. The smallest absolute Gasteiger partial charge is 0.338 e. The lowest BCUT2D eigenvalue weighted by atomic mass is 10.3. The summed E-state index contributed by atoms with van der Waals surface area (Å²) in [4.78, 5) is 10.9. The third-order valence-electron chi connectivity index (χ3n) is 1.83. The number of hydrogen-bond donors (Lipinski definition) is 1. The van der Waals surface area contributed by atoms with E-state index >= 15 is 0 Å². The zero-order chi connectivity index (χ0) is 8.32. The second-order valence-corrected chi connectivity index (χ2v) is 3.02. The lowest BCUT2D eigenvalue weighted by molar-refractivity contribution is -0.156. The molecule has 3 heteroatoms. The topological polar surface area (TPSA) is 46.5 Å². The molecule has 0 saturated heterocycles. The first-order valence-electron chi connectivity index (χ1n) is 4.08. The maximum Gasteiger partial charge on any atom is 0.338 e. The molecule has 0 aromatic carbocycles. The predicted molar refractivity (Wildman–Crippen MR) is 40.1 cm³/mol. The molecule has 0 heterocycles. The summed E-state index contributed by atoms with van der Waals surface area (Å²) in [7, 11) is 0. The molecule has 0 bridgehead atoms. The summed E-state index contributed by atoms with van der Waals surface area (Å²) in [5.74, 6) is -0.439. The largest absolute Gasteiger partial charge is 0.464 e. The Kier molecular flexibility index (Phi) is 2.49. The van der Waals surface area contributed by atoms with E-state index in [4.69, 9.17) is 4.74 Å². The quantitative estimate of drug-likeness (QED) is 0.487. The van der Waals surface area contributed by atoms with Gasteiger partial charge in [-0.15, -0.1) is 0 Å². The van der Waals surface area contributed by atoms with Crippen LogP contribution < -0.4 is 0 Å². The first-order valence-corrected chi connectivity index (χ1v) is 4.08. The van der Waals surface area contributed by atoms with Gasteiger partial charge in [0.05, 0.1) is 6.61 Å². The van der Waals surface area contributed by atoms with Gasteiger partial charge in [-0.1, -0.05) is 13.3 Å². The van der Waals surface area contributed by atoms with Crippen LogP contribution in [0.5, 0.6) is 0 Å². The number of unbranched alkanes of at least 4 members (excludes halogenated alkanes) is 1. The number of rotatable bonds is 4. The highest BCUT2D eigenvalue weighted by Gasteiger charge is 2.49. The van der Waals surface area contributed by atoms with Crippen molar-refractivity contribution in [3.8, 4) is 0 Å². The van der Waals surface area contributed by atoms with Crippen molar-refractivity contribution in [2.45, 2.75) is 38.2 Å². The monoisotopic (exact) mass is 158 g/mol. The molecule has 0 aromatic rings. The lowest BCUT2D eigenvalue weighted by Crippen LogP contribution is -2.24. The molecule has 1 N–H and O–H groups in total. The summed E-state index contributed by atoms with van der Waals surface area (Å²) in [6, 6.07) is 0. The Hall–Kier alpha value is -0.570. The molecule has 1 fully saturated rings. The highest BCUT2D eigenvalue weighted by Crippen LogP contribution is 2.36. The fraction of sp³-hybridized carbons (Fsp3) is 0.875. The fourth-order valence-corrected chi connectivity index (χ4v) is 0.766. The Labute approximate surface area is 66.4 Å². The van der Waals surface area contributed by atoms with E-state index in [-0.39, 0.29) is 0 Å². The van der Waals surface area contributed by atoms with Crippen molar-refractivity contribution < 1.29 is 14.6 Å². The average Bonchev–Trinajstić information content (AvgIpc) is 2.70. The molecule has 0 amide bonds. The van der Waals surface area contributed by atoms with E-state index in [0.717, 1.165) is 12.8 Å². The Morgan fingerprint density at radius 2 is 2.27 bits per heavy atom. The van der Waals surface area contributed by atoms with Crippen LogP contribution in [0.1, 0.15) is 32.6 Å². The molecular weight excluding hydrogens is 144 g/mol. The van der Waals surface area contributed by atoms with Gasteiger partial charge in [-0.3, -0.25) is 0 Å². The van der Waals surface area contributed by atoms with E-state index in [1.54, 1.807) is 0 Å². The maximum absolute atomic E-state index is 10.9. The lowest BCUT2D eigenvalue weighted by Gasteiger charge is -2.06. The molecule has 3 nitrogen and oxygen atoms in total. The summed E-state index contributed by atoms with van der Waals surface area (Å²) < 4.78 is 4.82. The van der Waals surface area contributed by atoms with E-state index < -0.39 is 11.6 Å². The third-order valence-corrected chi connectivity index (χ3v) is 1.83. The van der Waals surface area contributed by atoms with Gasteiger partial charge >= 0.3 is 5.97 Å². The van der Waals surface area contributed by atoms with Crippen LogP contribution in [0, 0.1) is 0 Å². The van der Waals surface area contributed by atoms with Crippen molar-refractivity contribution in [3.63, 3.8) is 0 Å². The second kappa shape index (κ2) is 3.22. The van der Waals surface area contributed by atoms with Crippen molar-refractivity contribution in [2.75, 3.05) is 6.61 Å². The van der Waals surface area contributed by atoms with Crippen LogP contribution in [0.2, 0.25) is 0 Å². The summed E-state index contributed by atoms with van der Waals surface area (Å²) >= 11 is 0. The summed E-state index contributed by atoms with van der Waals surface area (Å²) in [5, 5.41) is 9.22. The molecular formula is C8H14O3. The van der Waals surface area contributed by atoms with Crippen LogP contribution >= 0.6 is 0 Å². The first kappa shape index (κ1) is 8.53. The molecule has 64 valence electrons. The van der Waals surface area contributed by atoms with Gasteiger partial charge in [0.25, 0.3) is 0 Å². The van der Waals surface area contributed by atoms with Crippen LogP contribution in [0.4, 0.5) is 0 Å². The van der Waals surface area contributed by atoms with Gasteiger partial charge in [0, 0.05) is 0 Å². The summed E-state index contributed by atoms with van der Waals surface area (Å²) in [6.07, 6.45) is 3.02. The number of aliphatic hydroxyl groups is 1. The fourth-order valence-electron chi connectivity index (χ4n) is 0.766. The highest BCUT2D eigenvalue weighted by molar-refractivity contribution is 5.82. The van der Waals surface area contributed by atoms with E-state index in [0.29, 0.717) is 19.4 Å². The van der Waals surface area contributed by atoms with Crippen molar-refractivity contribution in [3.05, 3.63) is 0 Å². The minimum atomic E-state index is -1.10. The van der Waals surface area contributed by atoms with E-state index in [1.807, 2.05) is 6.92 Å². The van der Waals surface area contributed by atoms with Crippen LogP contribution in [0.3, 0.4) is 0 Å². The van der Waals surface area contributed by atoms with E-state index in [9.17, 15) is 9.90 Å². The van der Waals surface area contributed by atoms with Crippen molar-refractivity contribution in [1.82, 2.24) is 0 Å². The van der Waals surface area contributed by atoms with Gasteiger partial charge in [0.15, 0.2) is 5.60 Å². The average molecular weight is 158 g/mol. The number of carbonyl (C=O) groups excluding carboxylic acids is 1. The van der Waals surface area contributed by atoms with Crippen molar-refractivity contribution in [2.24, 2.45) is 0 Å². The SMILES string of the molecule is CCCCOC(=O)C1(O)CC1. The zero-order valence-electron chi connectivity index (χ0n) is 6.80. The molecule has 1 saturated carbocycles. The second-order valence-electron chi connectivity index (χ2n) is 3.02. The van der Waals surface area contributed by atoms with Gasteiger partial charge in [-0.25, -0.2) is 4.79 Å².